The number of hydrogen-bond acceptors (Lipinski definition) is 0. The smallest absolute Gasteiger partial charge is 0.0683 e. The molecule has 0 bridgehead atoms. The average Bonchev–Trinajstić information content (AvgIpc) is 2.89. The van der Waals surface area contributed by atoms with Gasteiger partial charge in [0.2, 0.25) is 0 Å². The molecule has 1 heterocycles. The molecule has 1 aliphatic heterocycles. The van der Waals surface area contributed by atoms with Gasteiger partial charge in [-0.05, 0) is 42.6 Å². The van der Waals surface area contributed by atoms with Crippen molar-refractivity contribution in [3.63, 3.8) is 0 Å². The molecule has 1 unspecified atom stereocenters. The Morgan fingerprint density at radius 3 is 2.24 bits per heavy atom. The summed E-state index contributed by atoms with van der Waals surface area (Å²) in [5.74, 6) is 2.96. The number of rotatable bonds is 3. The number of hydrogen-bond donors (Lipinski definition) is 0. The summed E-state index contributed by atoms with van der Waals surface area (Å²) in [5, 5.41) is 0.841. The normalized spacial score (nSPS) is 17.4. The Balaban J connectivity index is 0.000000686. The summed E-state index contributed by atoms with van der Waals surface area (Å²) < 4.78 is 0. The Bertz CT molecular complexity index is 313. The fraction of sp³-hybridized carbons (Fsp3) is 0.625. The van der Waals surface area contributed by atoms with Gasteiger partial charge in [-0.3, -0.25) is 0 Å². The van der Waals surface area contributed by atoms with E-state index >= 15 is 0 Å². The average molecular weight is 251 g/mol. The molecule has 1 saturated heterocycles. The highest BCUT2D eigenvalue weighted by Gasteiger charge is 2.34. The molecule has 1 fully saturated rings. The van der Waals surface area contributed by atoms with E-state index < -0.39 is 0 Å². The second-order valence-corrected chi connectivity index (χ2v) is 6.87. The summed E-state index contributed by atoms with van der Waals surface area (Å²) in [7, 11) is 0.674. The Labute approximate surface area is 110 Å². The Kier molecular flexibility index (Phi) is 6.72. The first kappa shape index (κ1) is 14.6. The molecule has 0 nitrogen and oxygen atoms in total. The van der Waals surface area contributed by atoms with Gasteiger partial charge in [0.15, 0.2) is 0 Å². The zero-order valence-corrected chi connectivity index (χ0v) is 12.6. The summed E-state index contributed by atoms with van der Waals surface area (Å²) in [4.78, 5) is 0. The number of benzene rings is 1. The van der Waals surface area contributed by atoms with Crippen molar-refractivity contribution >= 4 is 10.9 Å². The van der Waals surface area contributed by atoms with Gasteiger partial charge >= 0.3 is 0 Å². The Morgan fingerprint density at radius 2 is 1.71 bits per heavy atom. The third kappa shape index (κ3) is 3.77. The molecule has 0 spiro atoms. The van der Waals surface area contributed by atoms with E-state index in [0.29, 0.717) is 10.9 Å². The highest BCUT2D eigenvalue weighted by Crippen LogP contribution is 2.34. The van der Waals surface area contributed by atoms with Crippen LogP contribution < -0.4 is 0 Å². The molecule has 17 heavy (non-hydrogen) atoms. The van der Waals surface area contributed by atoms with Gasteiger partial charge < -0.3 is 0 Å². The van der Waals surface area contributed by atoms with Crippen LogP contribution in [0, 0.1) is 6.92 Å². The first-order valence-corrected chi connectivity index (χ1v) is 8.67. The van der Waals surface area contributed by atoms with Crippen molar-refractivity contribution in [1.29, 1.82) is 0 Å². The van der Waals surface area contributed by atoms with Crippen molar-refractivity contribution in [2.24, 2.45) is 0 Å². The predicted molar refractivity (Wildman–Crippen MR) is 81.9 cm³/mol. The molecular formula is C16H27S+. The maximum absolute atomic E-state index is 2.35. The van der Waals surface area contributed by atoms with Gasteiger partial charge in [-0.15, -0.1) is 0 Å². The molecule has 0 N–H and O–H groups in total. The summed E-state index contributed by atoms with van der Waals surface area (Å²) in [6, 6.07) is 8.96. The van der Waals surface area contributed by atoms with Crippen LogP contribution in [-0.2, 0) is 10.9 Å². The van der Waals surface area contributed by atoms with Crippen LogP contribution in [0.3, 0.4) is 0 Å². The van der Waals surface area contributed by atoms with Crippen LogP contribution in [0.4, 0.5) is 0 Å². The van der Waals surface area contributed by atoms with Crippen molar-refractivity contribution in [1.82, 2.24) is 0 Å². The molecule has 0 saturated carbocycles. The van der Waals surface area contributed by atoms with Gasteiger partial charge in [-0.1, -0.05) is 45.0 Å². The molecule has 1 atom stereocenters. The van der Waals surface area contributed by atoms with Crippen LogP contribution in [0.5, 0.6) is 0 Å². The largest absolute Gasteiger partial charge is 0.143 e. The van der Waals surface area contributed by atoms with E-state index in [4.69, 9.17) is 0 Å². The third-order valence-electron chi connectivity index (χ3n) is 3.37. The quantitative estimate of drug-likeness (QED) is 0.671. The van der Waals surface area contributed by atoms with Crippen LogP contribution >= 0.6 is 0 Å². The second-order valence-electron chi connectivity index (χ2n) is 4.41. The fourth-order valence-electron chi connectivity index (χ4n) is 2.54. The molecule has 1 heteroatoms. The van der Waals surface area contributed by atoms with Crippen LogP contribution in [-0.4, -0.2) is 11.5 Å². The summed E-state index contributed by atoms with van der Waals surface area (Å²) in [5.41, 5.74) is 3.11. The minimum Gasteiger partial charge on any atom is -0.0683 e. The van der Waals surface area contributed by atoms with Gasteiger partial charge in [0.1, 0.15) is 16.8 Å². The molecule has 1 aliphatic rings. The first-order valence-electron chi connectivity index (χ1n) is 7.04. The lowest BCUT2D eigenvalue weighted by Gasteiger charge is -2.16. The van der Waals surface area contributed by atoms with Crippen LogP contribution in [0.15, 0.2) is 24.3 Å². The van der Waals surface area contributed by atoms with Gasteiger partial charge in [-0.2, -0.15) is 0 Å². The summed E-state index contributed by atoms with van der Waals surface area (Å²) in [6.45, 7) is 8.61. The number of aryl methyl sites for hydroxylation is 1. The molecule has 0 aromatic heterocycles. The molecule has 0 radical (unpaired) electrons. The zero-order valence-electron chi connectivity index (χ0n) is 11.8. The van der Waals surface area contributed by atoms with Crippen molar-refractivity contribution < 1.29 is 0 Å². The predicted octanol–water partition coefficient (Wildman–Crippen LogP) is 4.88. The topological polar surface area (TPSA) is 0 Å². The van der Waals surface area contributed by atoms with Gasteiger partial charge in [0.25, 0.3) is 0 Å². The lowest BCUT2D eigenvalue weighted by atomic mass is 10.0. The van der Waals surface area contributed by atoms with Crippen LogP contribution in [0.2, 0.25) is 0 Å². The lowest BCUT2D eigenvalue weighted by molar-refractivity contribution is 0.878. The molecular weight excluding hydrogens is 224 g/mol. The minimum atomic E-state index is 0.674. The van der Waals surface area contributed by atoms with E-state index in [1.54, 1.807) is 5.56 Å². The zero-order chi connectivity index (χ0) is 12.7. The molecule has 1 aromatic rings. The van der Waals surface area contributed by atoms with E-state index in [2.05, 4.69) is 38.1 Å². The van der Waals surface area contributed by atoms with E-state index in [9.17, 15) is 0 Å². The molecule has 0 amide bonds. The lowest BCUT2D eigenvalue weighted by Crippen LogP contribution is -2.15. The highest BCUT2D eigenvalue weighted by molar-refractivity contribution is 7.97. The van der Waals surface area contributed by atoms with Crippen LogP contribution in [0.25, 0.3) is 0 Å². The Hall–Kier alpha value is -0.430. The highest BCUT2D eigenvalue weighted by atomic mass is 32.2. The summed E-state index contributed by atoms with van der Waals surface area (Å²) in [6.07, 6.45) is 4.24. The SMILES string of the molecule is CC.CCC(c1ccccc1C)[S+]1CCCC1. The van der Waals surface area contributed by atoms with Crippen molar-refractivity contribution in [2.75, 3.05) is 11.5 Å². The summed E-state index contributed by atoms with van der Waals surface area (Å²) >= 11 is 0. The van der Waals surface area contributed by atoms with Crippen molar-refractivity contribution in [2.45, 2.75) is 52.2 Å². The monoisotopic (exact) mass is 251 g/mol. The third-order valence-corrected chi connectivity index (χ3v) is 6.39. The maximum atomic E-state index is 2.35. The first-order chi connectivity index (χ1) is 8.33. The molecule has 1 aromatic carbocycles. The standard InChI is InChI=1S/C14H21S.C2H6/c1-3-14(15-10-6-7-11-15)13-9-5-4-8-12(13)2;1-2/h4-5,8-9,14H,3,6-7,10-11H2,1-2H3;1-2H3/q+1;. The second kappa shape index (κ2) is 7.81. The fourth-order valence-corrected chi connectivity index (χ4v) is 5.56. The van der Waals surface area contributed by atoms with Crippen LogP contribution in [0.1, 0.15) is 56.4 Å². The van der Waals surface area contributed by atoms with E-state index in [0.717, 1.165) is 5.25 Å². The Morgan fingerprint density at radius 1 is 1.12 bits per heavy atom. The van der Waals surface area contributed by atoms with Gasteiger partial charge in [-0.25, -0.2) is 0 Å². The minimum absolute atomic E-state index is 0.674. The maximum Gasteiger partial charge on any atom is 0.143 e. The van der Waals surface area contributed by atoms with E-state index in [1.165, 1.54) is 36.3 Å². The molecule has 96 valence electrons. The van der Waals surface area contributed by atoms with Crippen molar-refractivity contribution in [3.8, 4) is 0 Å². The van der Waals surface area contributed by atoms with Crippen molar-refractivity contribution in [3.05, 3.63) is 35.4 Å². The molecule has 0 aliphatic carbocycles. The van der Waals surface area contributed by atoms with E-state index in [-0.39, 0.29) is 0 Å². The molecule has 2 rings (SSSR count). The van der Waals surface area contributed by atoms with Gasteiger partial charge in [0.05, 0.1) is 0 Å². The van der Waals surface area contributed by atoms with Gasteiger partial charge in [0, 0.05) is 5.56 Å². The van der Waals surface area contributed by atoms with E-state index in [1.807, 2.05) is 13.8 Å².